The average molecular weight is 506 g/mol. The topological polar surface area (TPSA) is 106 Å². The number of carbonyl (C=O) groups is 3. The predicted molar refractivity (Wildman–Crippen MR) is 129 cm³/mol. The summed E-state index contributed by atoms with van der Waals surface area (Å²) in [6.45, 7) is 4.11. The van der Waals surface area contributed by atoms with Gasteiger partial charge in [-0.25, -0.2) is 9.18 Å². The summed E-state index contributed by atoms with van der Waals surface area (Å²) in [7, 11) is 4.46. The predicted octanol–water partition coefficient (Wildman–Crippen LogP) is 3.69. The SMILES string of the molecule is CCn1c(SCC(=O)Nc2sc(C(=O)N(C)C)c(C)c2C(=O)OC)nnc1-c1ccc(F)cc1. The fourth-order valence-corrected chi connectivity index (χ4v) is 5.18. The molecule has 3 rings (SSSR count). The molecular weight excluding hydrogens is 481 g/mol. The molecule has 3 aromatic rings. The lowest BCUT2D eigenvalue weighted by Gasteiger charge is -2.08. The number of benzene rings is 1. The smallest absolute Gasteiger partial charge is 0.341 e. The second kappa shape index (κ2) is 10.8. The summed E-state index contributed by atoms with van der Waals surface area (Å²) in [4.78, 5) is 39.3. The van der Waals surface area contributed by atoms with E-state index in [1.54, 1.807) is 33.2 Å². The Kier molecular flexibility index (Phi) is 8.05. The fourth-order valence-electron chi connectivity index (χ4n) is 3.14. The van der Waals surface area contributed by atoms with Crippen molar-refractivity contribution in [2.75, 3.05) is 32.3 Å². The number of rotatable bonds is 8. The molecule has 0 spiro atoms. The maximum absolute atomic E-state index is 13.2. The minimum atomic E-state index is -0.635. The molecule has 2 heterocycles. The number of nitrogens with zero attached hydrogens (tertiary/aromatic N) is 4. The van der Waals surface area contributed by atoms with Gasteiger partial charge in [0.2, 0.25) is 5.91 Å². The van der Waals surface area contributed by atoms with E-state index in [2.05, 4.69) is 15.5 Å². The molecule has 0 aliphatic rings. The molecule has 0 radical (unpaired) electrons. The molecule has 12 heteroatoms. The molecule has 0 bridgehead atoms. The van der Waals surface area contributed by atoms with Crippen molar-refractivity contribution in [3.8, 4) is 11.4 Å². The first-order valence-electron chi connectivity index (χ1n) is 10.2. The number of thiophene rings is 1. The lowest BCUT2D eigenvalue weighted by Crippen LogP contribution is -2.21. The lowest BCUT2D eigenvalue weighted by atomic mass is 10.1. The van der Waals surface area contributed by atoms with Crippen LogP contribution in [0.1, 0.15) is 32.5 Å². The highest BCUT2D eigenvalue weighted by molar-refractivity contribution is 7.99. The summed E-state index contributed by atoms with van der Waals surface area (Å²) in [6, 6.07) is 5.93. The van der Waals surface area contributed by atoms with Gasteiger partial charge in [-0.1, -0.05) is 11.8 Å². The molecule has 0 saturated heterocycles. The van der Waals surface area contributed by atoms with E-state index in [4.69, 9.17) is 4.74 Å². The Hall–Kier alpha value is -3.25. The second-order valence-corrected chi connectivity index (χ2v) is 9.31. The van der Waals surface area contributed by atoms with Crippen LogP contribution in [0.25, 0.3) is 11.4 Å². The van der Waals surface area contributed by atoms with Crippen LogP contribution in [0.2, 0.25) is 0 Å². The highest BCUT2D eigenvalue weighted by Crippen LogP contribution is 2.34. The summed E-state index contributed by atoms with van der Waals surface area (Å²) in [5.41, 5.74) is 1.32. The second-order valence-electron chi connectivity index (χ2n) is 7.35. The first-order valence-corrected chi connectivity index (χ1v) is 12.0. The number of anilines is 1. The van der Waals surface area contributed by atoms with Gasteiger partial charge < -0.3 is 19.5 Å². The number of esters is 1. The van der Waals surface area contributed by atoms with Gasteiger partial charge in [-0.2, -0.15) is 0 Å². The number of thioether (sulfide) groups is 1. The van der Waals surface area contributed by atoms with E-state index in [-0.39, 0.29) is 33.9 Å². The van der Waals surface area contributed by atoms with Gasteiger partial charge >= 0.3 is 5.97 Å². The molecule has 0 fully saturated rings. The molecule has 34 heavy (non-hydrogen) atoms. The number of carbonyl (C=O) groups excluding carboxylic acids is 3. The zero-order chi connectivity index (χ0) is 25.0. The minimum Gasteiger partial charge on any atom is -0.465 e. The van der Waals surface area contributed by atoms with Gasteiger partial charge in [-0.3, -0.25) is 9.59 Å². The molecule has 0 aliphatic carbocycles. The van der Waals surface area contributed by atoms with Crippen LogP contribution in [0.15, 0.2) is 29.4 Å². The third-order valence-corrected chi connectivity index (χ3v) is 7.02. The summed E-state index contributed by atoms with van der Waals surface area (Å²) >= 11 is 2.21. The van der Waals surface area contributed by atoms with Crippen molar-refractivity contribution >= 4 is 45.9 Å². The number of halogens is 1. The molecule has 1 N–H and O–H groups in total. The van der Waals surface area contributed by atoms with Crippen LogP contribution in [-0.4, -0.2) is 64.4 Å². The third kappa shape index (κ3) is 5.28. The Balaban J connectivity index is 1.78. The molecule has 0 aliphatic heterocycles. The Morgan fingerprint density at radius 2 is 1.88 bits per heavy atom. The van der Waals surface area contributed by atoms with E-state index in [1.165, 1.54) is 35.9 Å². The molecular formula is C22H24FN5O4S2. The number of hydrogen-bond donors (Lipinski definition) is 1. The minimum absolute atomic E-state index is 0.00390. The van der Waals surface area contributed by atoms with Gasteiger partial charge in [-0.05, 0) is 43.7 Å². The van der Waals surface area contributed by atoms with Gasteiger partial charge in [0.25, 0.3) is 5.91 Å². The number of aromatic nitrogens is 3. The summed E-state index contributed by atoms with van der Waals surface area (Å²) < 4.78 is 19.9. The van der Waals surface area contributed by atoms with Crippen molar-refractivity contribution in [2.24, 2.45) is 0 Å². The zero-order valence-corrected chi connectivity index (χ0v) is 21.0. The van der Waals surface area contributed by atoms with Crippen molar-refractivity contribution in [2.45, 2.75) is 25.5 Å². The highest BCUT2D eigenvalue weighted by atomic mass is 32.2. The molecule has 1 aromatic carbocycles. The number of nitrogens with one attached hydrogen (secondary N) is 1. The molecule has 0 saturated carbocycles. The van der Waals surface area contributed by atoms with Crippen LogP contribution >= 0.6 is 23.1 Å². The van der Waals surface area contributed by atoms with Crippen LogP contribution in [0, 0.1) is 12.7 Å². The van der Waals surface area contributed by atoms with Gasteiger partial charge in [0.15, 0.2) is 11.0 Å². The Labute approximate surface area is 204 Å². The van der Waals surface area contributed by atoms with E-state index in [0.29, 0.717) is 33.5 Å². The molecule has 180 valence electrons. The van der Waals surface area contributed by atoms with Crippen LogP contribution in [0.3, 0.4) is 0 Å². The number of methoxy groups -OCH3 is 1. The lowest BCUT2D eigenvalue weighted by molar-refractivity contribution is -0.113. The zero-order valence-electron chi connectivity index (χ0n) is 19.3. The summed E-state index contributed by atoms with van der Waals surface area (Å²) in [5, 5.41) is 11.8. The third-order valence-electron chi connectivity index (χ3n) is 4.86. The van der Waals surface area contributed by atoms with E-state index < -0.39 is 5.97 Å². The monoisotopic (exact) mass is 505 g/mol. The average Bonchev–Trinajstić information content (AvgIpc) is 3.37. The summed E-state index contributed by atoms with van der Waals surface area (Å²) in [6.07, 6.45) is 0. The van der Waals surface area contributed by atoms with Crippen molar-refractivity contribution in [3.63, 3.8) is 0 Å². The van der Waals surface area contributed by atoms with Crippen LogP contribution < -0.4 is 5.32 Å². The number of amides is 2. The van der Waals surface area contributed by atoms with Gasteiger partial charge in [0, 0.05) is 26.2 Å². The molecule has 0 unspecified atom stereocenters. The van der Waals surface area contributed by atoms with Crippen LogP contribution in [0.4, 0.5) is 9.39 Å². The van der Waals surface area contributed by atoms with Gasteiger partial charge in [0.1, 0.15) is 10.8 Å². The number of hydrogen-bond acceptors (Lipinski definition) is 8. The Bertz CT molecular complexity index is 1220. The highest BCUT2D eigenvalue weighted by Gasteiger charge is 2.27. The first kappa shape index (κ1) is 25.4. The van der Waals surface area contributed by atoms with Crippen molar-refractivity contribution in [1.29, 1.82) is 0 Å². The number of ether oxygens (including phenoxy) is 1. The normalized spacial score (nSPS) is 10.8. The Morgan fingerprint density at radius 3 is 2.47 bits per heavy atom. The van der Waals surface area contributed by atoms with E-state index in [1.807, 2.05) is 11.5 Å². The standard InChI is InChI=1S/C22H24FN5O4S2/c1-6-28-18(13-7-9-14(23)10-8-13)25-26-22(28)33-11-15(29)24-19-16(21(31)32-5)12(2)17(34-19)20(30)27(3)4/h7-10H,6,11H2,1-5H3,(H,24,29). The summed E-state index contributed by atoms with van der Waals surface area (Å²) in [5.74, 6) is -1.07. The van der Waals surface area contributed by atoms with Gasteiger partial charge in [-0.15, -0.1) is 21.5 Å². The molecule has 2 amide bonds. The van der Waals surface area contributed by atoms with E-state index >= 15 is 0 Å². The van der Waals surface area contributed by atoms with Crippen LogP contribution in [0.5, 0.6) is 0 Å². The van der Waals surface area contributed by atoms with Gasteiger partial charge in [0.05, 0.1) is 23.3 Å². The molecule has 2 aromatic heterocycles. The van der Waals surface area contributed by atoms with E-state index in [9.17, 15) is 18.8 Å². The quantitative estimate of drug-likeness (QED) is 0.368. The maximum Gasteiger partial charge on any atom is 0.341 e. The maximum atomic E-state index is 13.2. The van der Waals surface area contributed by atoms with Crippen molar-refractivity contribution in [1.82, 2.24) is 19.7 Å². The Morgan fingerprint density at radius 1 is 1.21 bits per heavy atom. The largest absolute Gasteiger partial charge is 0.465 e. The molecule has 9 nitrogen and oxygen atoms in total. The van der Waals surface area contributed by atoms with E-state index in [0.717, 1.165) is 11.3 Å². The fraction of sp³-hybridized carbons (Fsp3) is 0.318. The molecule has 0 atom stereocenters. The van der Waals surface area contributed by atoms with Crippen molar-refractivity contribution in [3.05, 3.63) is 46.1 Å². The van der Waals surface area contributed by atoms with Crippen molar-refractivity contribution < 1.29 is 23.5 Å². The first-order chi connectivity index (χ1) is 16.2. The van der Waals surface area contributed by atoms with Crippen LogP contribution in [-0.2, 0) is 16.1 Å².